The smallest absolute Gasteiger partial charge is 0.248 e. The van der Waals surface area contributed by atoms with Crippen molar-refractivity contribution in [3.8, 4) is 11.3 Å². The number of benzene rings is 2. The molecule has 3 heterocycles. The lowest BCUT2D eigenvalue weighted by atomic mass is 10.1. The van der Waals surface area contributed by atoms with Gasteiger partial charge in [0.1, 0.15) is 6.61 Å². The van der Waals surface area contributed by atoms with Crippen molar-refractivity contribution in [2.24, 2.45) is 0 Å². The third-order valence-corrected chi connectivity index (χ3v) is 6.87. The van der Waals surface area contributed by atoms with Crippen molar-refractivity contribution >= 4 is 34.8 Å². The molecule has 0 radical (unpaired) electrons. The second-order valence-electron chi connectivity index (χ2n) is 9.45. The van der Waals surface area contributed by atoms with Crippen molar-refractivity contribution in [2.75, 3.05) is 62.0 Å². The molecule has 1 atom stereocenters. The van der Waals surface area contributed by atoms with Crippen LogP contribution in [0, 0.1) is 0 Å². The highest BCUT2D eigenvalue weighted by molar-refractivity contribution is 5.95. The molecule has 0 bridgehead atoms. The predicted molar refractivity (Wildman–Crippen MR) is 148 cm³/mol. The number of ether oxygens (including phenoxy) is 1. The van der Waals surface area contributed by atoms with Gasteiger partial charge in [-0.25, -0.2) is 9.97 Å². The number of carbonyl (C=O) groups excluding carboxylic acids is 2. The third kappa shape index (κ3) is 6.27. The van der Waals surface area contributed by atoms with Gasteiger partial charge in [-0.05, 0) is 61.9 Å². The van der Waals surface area contributed by atoms with Gasteiger partial charge in [0.2, 0.25) is 17.8 Å². The maximum atomic E-state index is 12.3. The lowest BCUT2D eigenvalue weighted by Crippen LogP contribution is -2.49. The molecule has 198 valence electrons. The summed E-state index contributed by atoms with van der Waals surface area (Å²) in [5, 5.41) is 9.47. The van der Waals surface area contributed by atoms with Gasteiger partial charge in [0, 0.05) is 62.1 Å². The number of hydrogen-bond acceptors (Lipinski definition) is 8. The largest absolute Gasteiger partial charge is 0.375 e. The molecule has 1 unspecified atom stereocenters. The van der Waals surface area contributed by atoms with Gasteiger partial charge < -0.3 is 30.5 Å². The van der Waals surface area contributed by atoms with Crippen LogP contribution in [0.4, 0.5) is 23.0 Å². The van der Waals surface area contributed by atoms with Crippen molar-refractivity contribution in [2.45, 2.75) is 18.9 Å². The monoisotopic (exact) mass is 515 g/mol. The van der Waals surface area contributed by atoms with E-state index >= 15 is 0 Å². The molecule has 1 aromatic heterocycles. The molecule has 0 spiro atoms. The molecule has 3 aromatic rings. The van der Waals surface area contributed by atoms with Crippen molar-refractivity contribution in [1.29, 1.82) is 0 Å². The average Bonchev–Trinajstić information content (AvgIpc) is 3.50. The maximum Gasteiger partial charge on any atom is 0.248 e. The van der Waals surface area contributed by atoms with Crippen molar-refractivity contribution in [1.82, 2.24) is 20.2 Å². The number of rotatable bonds is 8. The van der Waals surface area contributed by atoms with Gasteiger partial charge in [-0.1, -0.05) is 12.1 Å². The molecule has 3 N–H and O–H groups in total. The van der Waals surface area contributed by atoms with Gasteiger partial charge in [-0.15, -0.1) is 0 Å². The van der Waals surface area contributed by atoms with E-state index in [1.54, 1.807) is 13.3 Å². The molecule has 10 nitrogen and oxygen atoms in total. The summed E-state index contributed by atoms with van der Waals surface area (Å²) in [6.45, 7) is 3.97. The summed E-state index contributed by atoms with van der Waals surface area (Å²) in [7, 11) is 1.54. The Morgan fingerprint density at radius 2 is 1.74 bits per heavy atom. The number of anilines is 4. The summed E-state index contributed by atoms with van der Waals surface area (Å²) >= 11 is 0. The zero-order chi connectivity index (χ0) is 26.3. The minimum Gasteiger partial charge on any atom is -0.375 e. The summed E-state index contributed by atoms with van der Waals surface area (Å²) < 4.78 is 4.96. The van der Waals surface area contributed by atoms with E-state index in [1.807, 2.05) is 47.4 Å². The van der Waals surface area contributed by atoms with Gasteiger partial charge in [0.25, 0.3) is 0 Å². The number of carbonyl (C=O) groups is 2. The summed E-state index contributed by atoms with van der Waals surface area (Å²) in [6, 6.07) is 17.6. The molecule has 10 heteroatoms. The van der Waals surface area contributed by atoms with Gasteiger partial charge in [-0.3, -0.25) is 9.59 Å². The molecule has 2 amide bonds. The Morgan fingerprint density at radius 1 is 1.00 bits per heavy atom. The second kappa shape index (κ2) is 12.0. The zero-order valence-corrected chi connectivity index (χ0v) is 21.5. The fraction of sp³-hybridized carbons (Fsp3) is 0.357. The number of amides is 2. The highest BCUT2D eigenvalue weighted by Crippen LogP contribution is 2.24. The van der Waals surface area contributed by atoms with Crippen LogP contribution in [0.5, 0.6) is 0 Å². The van der Waals surface area contributed by atoms with Crippen LogP contribution >= 0.6 is 0 Å². The molecule has 2 saturated heterocycles. The molecule has 0 aliphatic carbocycles. The van der Waals surface area contributed by atoms with Crippen LogP contribution in [-0.4, -0.2) is 79.2 Å². The van der Waals surface area contributed by atoms with Crippen LogP contribution in [0.25, 0.3) is 11.3 Å². The van der Waals surface area contributed by atoms with Gasteiger partial charge in [0.05, 0.1) is 11.7 Å². The molecule has 2 aliphatic rings. The van der Waals surface area contributed by atoms with E-state index in [0.29, 0.717) is 19.0 Å². The van der Waals surface area contributed by atoms with Crippen LogP contribution in [0.2, 0.25) is 0 Å². The minimum atomic E-state index is -0.110. The Labute approximate surface area is 222 Å². The van der Waals surface area contributed by atoms with E-state index in [0.717, 1.165) is 60.8 Å². The topological polar surface area (TPSA) is 112 Å². The summed E-state index contributed by atoms with van der Waals surface area (Å²) in [5.74, 6) is 0.549. The molecule has 2 aromatic carbocycles. The highest BCUT2D eigenvalue weighted by atomic mass is 16.5. The average molecular weight is 516 g/mol. The Kier molecular flexibility index (Phi) is 8.10. The standard InChI is InChI=1S/C28H33N7O3/c1-38-19-26(36)35-17-15-34(16-18-35)23-10-8-22(9-11-23)32-28-30-14-12-24(33-28)20-4-6-21(7-5-20)31-27(37)25-3-2-13-29-25/h4-12,14,25,29H,2-3,13,15-19H2,1H3,(H,31,37)(H,30,32,33). The van der Waals surface area contributed by atoms with E-state index in [9.17, 15) is 9.59 Å². The number of piperazine rings is 1. The summed E-state index contributed by atoms with van der Waals surface area (Å²) in [6.07, 6.45) is 3.63. The minimum absolute atomic E-state index is 0.00854. The van der Waals surface area contributed by atoms with Crippen LogP contribution in [-0.2, 0) is 14.3 Å². The van der Waals surface area contributed by atoms with Gasteiger partial charge >= 0.3 is 0 Å². The van der Waals surface area contributed by atoms with Crippen molar-refractivity contribution < 1.29 is 14.3 Å². The number of nitrogens with one attached hydrogen (secondary N) is 3. The maximum absolute atomic E-state index is 12.3. The van der Waals surface area contributed by atoms with E-state index in [1.165, 1.54) is 0 Å². The first kappa shape index (κ1) is 25.6. The van der Waals surface area contributed by atoms with E-state index in [-0.39, 0.29) is 24.5 Å². The van der Waals surface area contributed by atoms with E-state index in [2.05, 4.69) is 43.0 Å². The van der Waals surface area contributed by atoms with E-state index in [4.69, 9.17) is 4.74 Å². The quantitative estimate of drug-likeness (QED) is 0.420. The first-order chi connectivity index (χ1) is 18.6. The fourth-order valence-electron chi connectivity index (χ4n) is 4.76. The molecular weight excluding hydrogens is 482 g/mol. The van der Waals surface area contributed by atoms with E-state index < -0.39 is 0 Å². The highest BCUT2D eigenvalue weighted by Gasteiger charge is 2.22. The molecule has 2 aliphatic heterocycles. The Hall–Kier alpha value is -4.02. The Balaban J connectivity index is 1.17. The molecule has 0 saturated carbocycles. The molecule has 38 heavy (non-hydrogen) atoms. The van der Waals surface area contributed by atoms with Crippen LogP contribution < -0.4 is 20.9 Å². The second-order valence-corrected chi connectivity index (χ2v) is 9.45. The van der Waals surface area contributed by atoms with Crippen LogP contribution in [0.15, 0.2) is 60.8 Å². The number of aromatic nitrogens is 2. The third-order valence-electron chi connectivity index (χ3n) is 6.87. The number of methoxy groups -OCH3 is 1. The molecule has 2 fully saturated rings. The van der Waals surface area contributed by atoms with Gasteiger partial charge in [0.15, 0.2) is 0 Å². The summed E-state index contributed by atoms with van der Waals surface area (Å²) in [5.41, 5.74) is 4.49. The number of hydrogen-bond donors (Lipinski definition) is 3. The molecule has 5 rings (SSSR count). The normalized spacial score (nSPS) is 17.3. The SMILES string of the molecule is COCC(=O)N1CCN(c2ccc(Nc3nccc(-c4ccc(NC(=O)C5CCCN5)cc4)n3)cc2)CC1. The number of nitrogens with zero attached hydrogens (tertiary/aromatic N) is 4. The summed E-state index contributed by atoms with van der Waals surface area (Å²) in [4.78, 5) is 37.5. The Bertz CT molecular complexity index is 1240. The lowest BCUT2D eigenvalue weighted by molar-refractivity contribution is -0.135. The van der Waals surface area contributed by atoms with Crippen molar-refractivity contribution in [3.63, 3.8) is 0 Å². The van der Waals surface area contributed by atoms with Crippen molar-refractivity contribution in [3.05, 3.63) is 60.8 Å². The lowest BCUT2D eigenvalue weighted by Gasteiger charge is -2.36. The van der Waals surface area contributed by atoms with Crippen LogP contribution in [0.3, 0.4) is 0 Å². The zero-order valence-electron chi connectivity index (χ0n) is 21.5. The molecular formula is C28H33N7O3. The fourth-order valence-corrected chi connectivity index (χ4v) is 4.76. The first-order valence-corrected chi connectivity index (χ1v) is 13.0. The predicted octanol–water partition coefficient (Wildman–Crippen LogP) is 2.87. The van der Waals surface area contributed by atoms with Crippen LogP contribution in [0.1, 0.15) is 12.8 Å². The van der Waals surface area contributed by atoms with Gasteiger partial charge in [-0.2, -0.15) is 0 Å². The first-order valence-electron chi connectivity index (χ1n) is 13.0. The Morgan fingerprint density at radius 3 is 2.42 bits per heavy atom.